The van der Waals surface area contributed by atoms with Gasteiger partial charge >= 0.3 is 5.97 Å². The SMILES string of the molecule is COC(=O)c1ccc(Cn2nc(C)c3c2CC(C)(C)CC3=O)cc1. The Kier molecular flexibility index (Phi) is 4.03. The zero-order valence-electron chi connectivity index (χ0n) is 14.5. The van der Waals surface area contributed by atoms with Crippen molar-refractivity contribution in [2.75, 3.05) is 7.11 Å². The summed E-state index contributed by atoms with van der Waals surface area (Å²) in [6.45, 7) is 6.71. The van der Waals surface area contributed by atoms with Crippen molar-refractivity contribution in [2.45, 2.75) is 40.2 Å². The predicted octanol–water partition coefficient (Wildman–Crippen LogP) is 3.18. The number of carbonyl (C=O) groups is 2. The molecule has 0 saturated heterocycles. The van der Waals surface area contributed by atoms with Crippen LogP contribution in [0.1, 0.15) is 57.9 Å². The molecular weight excluding hydrogens is 304 g/mol. The number of ether oxygens (including phenoxy) is 1. The van der Waals surface area contributed by atoms with E-state index in [0.29, 0.717) is 18.5 Å². The molecular formula is C19H22N2O3. The normalized spacial score (nSPS) is 15.9. The van der Waals surface area contributed by atoms with Crippen LogP contribution in [-0.2, 0) is 17.7 Å². The first-order valence-electron chi connectivity index (χ1n) is 8.07. The van der Waals surface area contributed by atoms with E-state index in [4.69, 9.17) is 4.74 Å². The number of aromatic nitrogens is 2. The van der Waals surface area contributed by atoms with E-state index in [1.807, 2.05) is 23.7 Å². The molecule has 0 saturated carbocycles. The van der Waals surface area contributed by atoms with Crippen LogP contribution in [-0.4, -0.2) is 28.6 Å². The Morgan fingerprint density at radius 3 is 2.54 bits per heavy atom. The molecule has 1 aromatic carbocycles. The predicted molar refractivity (Wildman–Crippen MR) is 90.3 cm³/mol. The maximum Gasteiger partial charge on any atom is 0.337 e. The second-order valence-electron chi connectivity index (χ2n) is 7.19. The summed E-state index contributed by atoms with van der Waals surface area (Å²) in [5.41, 5.74) is 4.13. The molecule has 1 aromatic heterocycles. The first kappa shape index (κ1) is 16.4. The lowest BCUT2D eigenvalue weighted by Gasteiger charge is -2.29. The van der Waals surface area contributed by atoms with Gasteiger partial charge in [-0.15, -0.1) is 0 Å². The molecule has 3 rings (SSSR count). The number of Topliss-reactive ketones (excluding diaryl/α,β-unsaturated/α-hetero) is 1. The number of ketones is 1. The number of hydrogen-bond donors (Lipinski definition) is 0. The van der Waals surface area contributed by atoms with E-state index in [1.54, 1.807) is 12.1 Å². The van der Waals surface area contributed by atoms with Crippen molar-refractivity contribution in [3.63, 3.8) is 0 Å². The summed E-state index contributed by atoms with van der Waals surface area (Å²) in [5, 5.41) is 4.58. The van der Waals surface area contributed by atoms with Crippen LogP contribution in [0.25, 0.3) is 0 Å². The van der Waals surface area contributed by atoms with Crippen molar-refractivity contribution in [3.8, 4) is 0 Å². The highest BCUT2D eigenvalue weighted by Crippen LogP contribution is 2.36. The maximum atomic E-state index is 12.4. The van der Waals surface area contributed by atoms with E-state index < -0.39 is 0 Å². The molecule has 0 unspecified atom stereocenters. The fourth-order valence-corrected chi connectivity index (χ4v) is 3.38. The number of esters is 1. The summed E-state index contributed by atoms with van der Waals surface area (Å²) in [5.74, 6) is -0.160. The van der Waals surface area contributed by atoms with E-state index in [1.165, 1.54) is 7.11 Å². The molecule has 0 amide bonds. The fraction of sp³-hybridized carbons (Fsp3) is 0.421. The van der Waals surface area contributed by atoms with Crippen LogP contribution >= 0.6 is 0 Å². The molecule has 0 spiro atoms. The molecule has 0 N–H and O–H groups in total. The first-order valence-corrected chi connectivity index (χ1v) is 8.07. The highest BCUT2D eigenvalue weighted by Gasteiger charge is 2.35. The third-order valence-corrected chi connectivity index (χ3v) is 4.50. The van der Waals surface area contributed by atoms with Gasteiger partial charge in [-0.1, -0.05) is 26.0 Å². The van der Waals surface area contributed by atoms with E-state index >= 15 is 0 Å². The molecule has 5 heteroatoms. The van der Waals surface area contributed by atoms with Crippen LogP contribution in [0.2, 0.25) is 0 Å². The van der Waals surface area contributed by atoms with Gasteiger partial charge in [0.2, 0.25) is 0 Å². The Bertz CT molecular complexity index is 801. The highest BCUT2D eigenvalue weighted by molar-refractivity contribution is 5.99. The van der Waals surface area contributed by atoms with Crippen LogP contribution in [0.4, 0.5) is 0 Å². The van der Waals surface area contributed by atoms with Crippen molar-refractivity contribution >= 4 is 11.8 Å². The zero-order valence-corrected chi connectivity index (χ0v) is 14.5. The molecule has 1 heterocycles. The molecule has 1 aliphatic carbocycles. The van der Waals surface area contributed by atoms with Crippen molar-refractivity contribution in [1.29, 1.82) is 0 Å². The number of aryl methyl sites for hydroxylation is 1. The second-order valence-corrected chi connectivity index (χ2v) is 7.19. The molecule has 0 atom stereocenters. The monoisotopic (exact) mass is 326 g/mol. The standard InChI is InChI=1S/C19H22N2O3/c1-12-17-15(9-19(2,3)10-16(17)22)21(20-12)11-13-5-7-14(8-6-13)18(23)24-4/h5-8H,9-11H2,1-4H3. The molecule has 0 bridgehead atoms. The van der Waals surface area contributed by atoms with Gasteiger partial charge in [0.25, 0.3) is 0 Å². The molecule has 0 aliphatic heterocycles. The molecule has 0 fully saturated rings. The molecule has 0 radical (unpaired) electrons. The van der Waals surface area contributed by atoms with Crippen LogP contribution in [0.3, 0.4) is 0 Å². The summed E-state index contributed by atoms with van der Waals surface area (Å²) >= 11 is 0. The maximum absolute atomic E-state index is 12.4. The molecule has 5 nitrogen and oxygen atoms in total. The van der Waals surface area contributed by atoms with Gasteiger partial charge in [-0.05, 0) is 36.5 Å². The minimum Gasteiger partial charge on any atom is -0.465 e. The van der Waals surface area contributed by atoms with Gasteiger partial charge in [0.1, 0.15) is 0 Å². The Balaban J connectivity index is 1.90. The number of carbonyl (C=O) groups excluding carboxylic acids is 2. The summed E-state index contributed by atoms with van der Waals surface area (Å²) in [6, 6.07) is 7.29. The lowest BCUT2D eigenvalue weighted by atomic mass is 9.75. The Morgan fingerprint density at radius 1 is 1.25 bits per heavy atom. The smallest absolute Gasteiger partial charge is 0.337 e. The molecule has 2 aromatic rings. The van der Waals surface area contributed by atoms with Gasteiger partial charge in [-0.3, -0.25) is 9.48 Å². The number of nitrogens with zero attached hydrogens (tertiary/aromatic N) is 2. The average Bonchev–Trinajstić information content (AvgIpc) is 2.81. The third kappa shape index (κ3) is 2.98. The number of rotatable bonds is 3. The number of hydrogen-bond acceptors (Lipinski definition) is 4. The van der Waals surface area contributed by atoms with Gasteiger partial charge in [-0.2, -0.15) is 5.10 Å². The number of methoxy groups -OCH3 is 1. The minimum absolute atomic E-state index is 0.0386. The Morgan fingerprint density at radius 2 is 1.92 bits per heavy atom. The van der Waals surface area contributed by atoms with E-state index in [9.17, 15) is 9.59 Å². The quantitative estimate of drug-likeness (QED) is 0.813. The molecule has 126 valence electrons. The average molecular weight is 326 g/mol. The molecule has 1 aliphatic rings. The van der Waals surface area contributed by atoms with Crippen LogP contribution in [0.5, 0.6) is 0 Å². The van der Waals surface area contributed by atoms with E-state index in [-0.39, 0.29) is 17.2 Å². The van der Waals surface area contributed by atoms with Crippen molar-refractivity contribution in [2.24, 2.45) is 5.41 Å². The van der Waals surface area contributed by atoms with E-state index in [0.717, 1.165) is 28.9 Å². The highest BCUT2D eigenvalue weighted by atomic mass is 16.5. The van der Waals surface area contributed by atoms with Gasteiger partial charge in [0.05, 0.1) is 36.2 Å². The number of benzene rings is 1. The summed E-state index contributed by atoms with van der Waals surface area (Å²) < 4.78 is 6.64. The Hall–Kier alpha value is -2.43. The van der Waals surface area contributed by atoms with Crippen LogP contribution < -0.4 is 0 Å². The van der Waals surface area contributed by atoms with E-state index in [2.05, 4.69) is 18.9 Å². The summed E-state index contributed by atoms with van der Waals surface area (Å²) in [4.78, 5) is 23.9. The lowest BCUT2D eigenvalue weighted by molar-refractivity contribution is 0.0600. The topological polar surface area (TPSA) is 61.2 Å². The third-order valence-electron chi connectivity index (χ3n) is 4.50. The largest absolute Gasteiger partial charge is 0.465 e. The van der Waals surface area contributed by atoms with Crippen molar-refractivity contribution in [3.05, 3.63) is 52.3 Å². The van der Waals surface area contributed by atoms with Gasteiger partial charge in [0.15, 0.2) is 5.78 Å². The van der Waals surface area contributed by atoms with Crippen molar-refractivity contribution in [1.82, 2.24) is 9.78 Å². The summed E-state index contributed by atoms with van der Waals surface area (Å²) in [7, 11) is 1.37. The summed E-state index contributed by atoms with van der Waals surface area (Å²) in [6.07, 6.45) is 1.41. The fourth-order valence-electron chi connectivity index (χ4n) is 3.38. The van der Waals surface area contributed by atoms with Gasteiger partial charge in [0, 0.05) is 6.42 Å². The zero-order chi connectivity index (χ0) is 17.5. The first-order chi connectivity index (χ1) is 11.3. The lowest BCUT2D eigenvalue weighted by Crippen LogP contribution is -2.28. The van der Waals surface area contributed by atoms with Gasteiger partial charge < -0.3 is 4.74 Å². The minimum atomic E-state index is -0.346. The number of fused-ring (bicyclic) bond motifs is 1. The Labute approximate surface area is 141 Å². The van der Waals surface area contributed by atoms with Crippen LogP contribution in [0.15, 0.2) is 24.3 Å². The molecule has 24 heavy (non-hydrogen) atoms. The van der Waals surface area contributed by atoms with Crippen LogP contribution in [0, 0.1) is 12.3 Å². The van der Waals surface area contributed by atoms with Gasteiger partial charge in [-0.25, -0.2) is 4.79 Å². The van der Waals surface area contributed by atoms with Crippen molar-refractivity contribution < 1.29 is 14.3 Å². The second kappa shape index (κ2) is 5.89.